The Hall–Kier alpha value is -0.653. The van der Waals surface area contributed by atoms with E-state index in [0.29, 0.717) is 0 Å². The smallest absolute Gasteiger partial charge is 0.251 e. The van der Waals surface area contributed by atoms with E-state index in [1.54, 1.807) is 13.1 Å². The summed E-state index contributed by atoms with van der Waals surface area (Å²) >= 11 is 0. The number of hydrogen-bond donors (Lipinski definition) is 0. The predicted molar refractivity (Wildman–Crippen MR) is 81.2 cm³/mol. The van der Waals surface area contributed by atoms with Gasteiger partial charge in [-0.15, -0.1) is 6.58 Å². The van der Waals surface area contributed by atoms with Crippen molar-refractivity contribution in [1.82, 2.24) is 5.06 Å². The molecule has 0 aromatic rings. The second-order valence-electron chi connectivity index (χ2n) is 6.39. The molecule has 0 aromatic carbocycles. The zero-order chi connectivity index (χ0) is 15.4. The monoisotopic (exact) mass is 287 g/mol. The Kier molecular flexibility index (Phi) is 6.45. The lowest BCUT2D eigenvalue weighted by molar-refractivity contribution is -0.175. The van der Waals surface area contributed by atoms with Crippen molar-refractivity contribution >= 4 is 14.2 Å². The van der Waals surface area contributed by atoms with Gasteiger partial charge in [-0.1, -0.05) is 33.8 Å². The summed E-state index contributed by atoms with van der Waals surface area (Å²) < 4.78 is 6.25. The minimum absolute atomic E-state index is 0.101. The van der Waals surface area contributed by atoms with Crippen molar-refractivity contribution in [2.24, 2.45) is 5.92 Å². The number of carbonyl (C=O) groups excluding carboxylic acids is 1. The summed E-state index contributed by atoms with van der Waals surface area (Å²) in [5.41, 5.74) is 0. The molecule has 0 aromatic heterocycles. The van der Waals surface area contributed by atoms with E-state index in [1.165, 1.54) is 12.2 Å². The molecule has 0 saturated heterocycles. The summed E-state index contributed by atoms with van der Waals surface area (Å²) in [4.78, 5) is 17.0. The molecule has 1 amide bonds. The summed E-state index contributed by atoms with van der Waals surface area (Å²) in [5, 5.41) is 1.33. The highest BCUT2D eigenvalue weighted by Gasteiger charge is 2.40. The average Bonchev–Trinajstić information content (AvgIpc) is 2.31. The lowest BCUT2D eigenvalue weighted by Gasteiger charge is -2.40. The van der Waals surface area contributed by atoms with Crippen molar-refractivity contribution in [2.45, 2.75) is 51.9 Å². The van der Waals surface area contributed by atoms with Gasteiger partial charge in [0, 0.05) is 7.05 Å². The number of carbonyl (C=O) groups is 1. The van der Waals surface area contributed by atoms with Crippen LogP contribution in [-0.4, -0.2) is 39.5 Å². The Morgan fingerprint density at radius 1 is 1.37 bits per heavy atom. The molecular weight excluding hydrogens is 258 g/mol. The van der Waals surface area contributed by atoms with Crippen LogP contribution in [0.2, 0.25) is 18.1 Å². The first-order valence-electron chi connectivity index (χ1n) is 6.60. The lowest BCUT2D eigenvalue weighted by atomic mass is 10.0. The fourth-order valence-corrected chi connectivity index (χ4v) is 2.72. The molecule has 0 heterocycles. The molecule has 0 bridgehead atoms. The molecule has 4 nitrogen and oxygen atoms in total. The van der Waals surface area contributed by atoms with Gasteiger partial charge >= 0.3 is 0 Å². The first kappa shape index (κ1) is 18.3. The van der Waals surface area contributed by atoms with Crippen molar-refractivity contribution in [3.63, 3.8) is 0 Å². The SMILES string of the molecule is C=C[C@H](O[Si](C)(C)C(C)(C)C)[C@@H](C)C(=O)N(C)OC. The maximum atomic E-state index is 12.1. The minimum Gasteiger partial charge on any atom is -0.410 e. The fraction of sp³-hybridized carbons (Fsp3) is 0.786. The van der Waals surface area contributed by atoms with Crippen LogP contribution in [-0.2, 0) is 14.1 Å². The largest absolute Gasteiger partial charge is 0.410 e. The second kappa shape index (κ2) is 6.68. The number of rotatable bonds is 6. The van der Waals surface area contributed by atoms with Gasteiger partial charge in [0.2, 0.25) is 0 Å². The van der Waals surface area contributed by atoms with Gasteiger partial charge in [-0.25, -0.2) is 5.06 Å². The molecule has 2 atom stereocenters. The highest BCUT2D eigenvalue weighted by Crippen LogP contribution is 2.38. The Morgan fingerprint density at radius 2 is 1.84 bits per heavy atom. The van der Waals surface area contributed by atoms with Crippen molar-refractivity contribution in [3.8, 4) is 0 Å². The van der Waals surface area contributed by atoms with Crippen LogP contribution in [0.25, 0.3) is 0 Å². The molecule has 0 aliphatic heterocycles. The Balaban J connectivity index is 4.95. The molecule has 0 N–H and O–H groups in total. The molecule has 0 aliphatic rings. The molecule has 0 radical (unpaired) electrons. The van der Waals surface area contributed by atoms with E-state index in [-0.39, 0.29) is 23.0 Å². The molecule has 112 valence electrons. The van der Waals surface area contributed by atoms with Gasteiger partial charge in [0.25, 0.3) is 5.91 Å². The molecule has 0 fully saturated rings. The van der Waals surface area contributed by atoms with Crippen LogP contribution < -0.4 is 0 Å². The number of amides is 1. The van der Waals surface area contributed by atoms with E-state index in [9.17, 15) is 4.79 Å². The summed E-state index contributed by atoms with van der Waals surface area (Å²) in [7, 11) is 1.15. The molecule has 0 rings (SSSR count). The van der Waals surface area contributed by atoms with E-state index in [1.807, 2.05) is 6.92 Å². The summed E-state index contributed by atoms with van der Waals surface area (Å²) in [6, 6.07) is 0. The molecule has 0 saturated carbocycles. The average molecular weight is 287 g/mol. The van der Waals surface area contributed by atoms with Crippen molar-refractivity contribution in [1.29, 1.82) is 0 Å². The van der Waals surface area contributed by atoms with Gasteiger partial charge in [0.05, 0.1) is 19.1 Å². The number of nitrogens with zero attached hydrogens (tertiary/aromatic N) is 1. The van der Waals surface area contributed by atoms with Gasteiger partial charge in [-0.05, 0) is 18.1 Å². The first-order valence-corrected chi connectivity index (χ1v) is 9.50. The van der Waals surface area contributed by atoms with E-state index < -0.39 is 8.32 Å². The van der Waals surface area contributed by atoms with Crippen molar-refractivity contribution in [3.05, 3.63) is 12.7 Å². The van der Waals surface area contributed by atoms with Crippen LogP contribution in [0.1, 0.15) is 27.7 Å². The van der Waals surface area contributed by atoms with Gasteiger partial charge < -0.3 is 4.43 Å². The zero-order valence-electron chi connectivity index (χ0n) is 13.6. The van der Waals surface area contributed by atoms with Crippen LogP contribution in [0.5, 0.6) is 0 Å². The van der Waals surface area contributed by atoms with Gasteiger partial charge in [0.1, 0.15) is 0 Å². The van der Waals surface area contributed by atoms with Gasteiger partial charge in [-0.2, -0.15) is 0 Å². The minimum atomic E-state index is -1.93. The number of hydrogen-bond acceptors (Lipinski definition) is 3. The Labute approximate surface area is 118 Å². The first-order chi connectivity index (χ1) is 8.47. The summed E-state index contributed by atoms with van der Waals surface area (Å²) in [5.74, 6) is -0.414. The van der Waals surface area contributed by atoms with E-state index >= 15 is 0 Å². The van der Waals surface area contributed by atoms with Crippen LogP contribution in [0, 0.1) is 5.92 Å². The maximum absolute atomic E-state index is 12.1. The third-order valence-corrected chi connectivity index (χ3v) is 8.41. The normalized spacial score (nSPS) is 15.8. The Bertz CT molecular complexity index is 323. The van der Waals surface area contributed by atoms with Gasteiger partial charge in [-0.3, -0.25) is 9.63 Å². The summed E-state index contributed by atoms with van der Waals surface area (Å²) in [6.07, 6.45) is 1.43. The van der Waals surface area contributed by atoms with Crippen LogP contribution in [0.4, 0.5) is 0 Å². The fourth-order valence-electron chi connectivity index (χ4n) is 1.39. The third kappa shape index (κ3) is 4.74. The maximum Gasteiger partial charge on any atom is 0.251 e. The van der Waals surface area contributed by atoms with Crippen molar-refractivity contribution < 1.29 is 14.1 Å². The molecular formula is C14H29NO3Si. The predicted octanol–water partition coefficient (Wildman–Crippen LogP) is 3.22. The summed E-state index contributed by atoms with van der Waals surface area (Å²) in [6.45, 7) is 16.5. The van der Waals surface area contributed by atoms with Gasteiger partial charge in [0.15, 0.2) is 8.32 Å². The third-order valence-electron chi connectivity index (χ3n) is 3.94. The quantitative estimate of drug-likeness (QED) is 0.428. The second-order valence-corrected chi connectivity index (χ2v) is 11.1. The van der Waals surface area contributed by atoms with E-state index in [4.69, 9.17) is 9.26 Å². The van der Waals surface area contributed by atoms with Crippen LogP contribution in [0.15, 0.2) is 12.7 Å². The zero-order valence-corrected chi connectivity index (χ0v) is 14.6. The van der Waals surface area contributed by atoms with E-state index in [2.05, 4.69) is 40.4 Å². The highest BCUT2D eigenvalue weighted by atomic mass is 28.4. The molecule has 19 heavy (non-hydrogen) atoms. The number of hydroxylamine groups is 2. The molecule has 5 heteroatoms. The van der Waals surface area contributed by atoms with E-state index in [0.717, 1.165) is 0 Å². The molecule has 0 spiro atoms. The van der Waals surface area contributed by atoms with Crippen LogP contribution in [0.3, 0.4) is 0 Å². The molecule has 0 unspecified atom stereocenters. The lowest BCUT2D eigenvalue weighted by Crippen LogP contribution is -2.47. The topological polar surface area (TPSA) is 38.8 Å². The highest BCUT2D eigenvalue weighted by molar-refractivity contribution is 6.74. The molecule has 0 aliphatic carbocycles. The standard InChI is InChI=1S/C14H29NO3Si/c1-10-12(11(2)13(16)15(6)17-7)18-19(8,9)14(3,4)5/h10-12H,1H2,2-9H3/t11-,12+/m1/s1. The van der Waals surface area contributed by atoms with Crippen LogP contribution >= 0.6 is 0 Å². The Morgan fingerprint density at radius 3 is 2.16 bits per heavy atom. The van der Waals surface area contributed by atoms with Crippen molar-refractivity contribution in [2.75, 3.05) is 14.2 Å².